The van der Waals surface area contributed by atoms with Gasteiger partial charge in [0.25, 0.3) is 5.56 Å². The maximum Gasteiger partial charge on any atom is 0.317 e. The second kappa shape index (κ2) is 7.05. The van der Waals surface area contributed by atoms with Crippen LogP contribution in [-0.2, 0) is 17.3 Å². The summed E-state index contributed by atoms with van der Waals surface area (Å²) < 4.78 is 0. The van der Waals surface area contributed by atoms with Gasteiger partial charge >= 0.3 is 6.03 Å². The average molecular weight is 361 g/mol. The van der Waals surface area contributed by atoms with Gasteiger partial charge in [0, 0.05) is 36.0 Å². The fourth-order valence-corrected chi connectivity index (χ4v) is 4.19. The predicted molar refractivity (Wildman–Crippen MR) is 103 cm³/mol. The number of aromatic nitrogens is 2. The third-order valence-corrected chi connectivity index (χ3v) is 5.75. The molecule has 0 saturated carbocycles. The van der Waals surface area contributed by atoms with Crippen molar-refractivity contribution in [1.82, 2.24) is 20.2 Å². The lowest BCUT2D eigenvalue weighted by Crippen LogP contribution is -2.51. The lowest BCUT2D eigenvalue weighted by atomic mass is 9.77. The van der Waals surface area contributed by atoms with Crippen molar-refractivity contribution in [3.63, 3.8) is 0 Å². The van der Waals surface area contributed by atoms with E-state index in [0.717, 1.165) is 68.7 Å². The lowest BCUT2D eigenvalue weighted by Gasteiger charge is -2.40. The largest absolute Gasteiger partial charge is 0.338 e. The van der Waals surface area contributed by atoms with E-state index in [-0.39, 0.29) is 22.4 Å². The van der Waals surface area contributed by atoms with Gasteiger partial charge in [0.15, 0.2) is 0 Å². The van der Waals surface area contributed by atoms with E-state index in [1.807, 2.05) is 4.90 Å². The van der Waals surface area contributed by atoms with Crippen molar-refractivity contribution >= 4 is 6.03 Å². The maximum absolute atomic E-state index is 12.6. The third-order valence-electron chi connectivity index (χ3n) is 5.75. The number of carbonyl (C=O) groups excluding carboxylic acids is 1. The smallest absolute Gasteiger partial charge is 0.317 e. The van der Waals surface area contributed by atoms with Crippen molar-refractivity contribution in [3.05, 3.63) is 27.4 Å². The number of amides is 2. The Bertz CT molecular complexity index is 734. The summed E-state index contributed by atoms with van der Waals surface area (Å²) in [6, 6.07) is 0.0202. The van der Waals surface area contributed by atoms with Crippen LogP contribution in [0.25, 0.3) is 0 Å². The monoisotopic (exact) mass is 360 g/mol. The molecule has 1 fully saturated rings. The van der Waals surface area contributed by atoms with E-state index in [0.29, 0.717) is 6.54 Å². The van der Waals surface area contributed by atoms with Crippen molar-refractivity contribution in [2.75, 3.05) is 19.6 Å². The molecule has 1 atom stereocenters. The molecule has 2 N–H and O–H groups in total. The van der Waals surface area contributed by atoms with Gasteiger partial charge in [-0.1, -0.05) is 34.1 Å². The zero-order valence-corrected chi connectivity index (χ0v) is 16.6. The van der Waals surface area contributed by atoms with Crippen LogP contribution in [0.4, 0.5) is 4.79 Å². The summed E-state index contributed by atoms with van der Waals surface area (Å²) in [6.45, 7) is 10.5. The van der Waals surface area contributed by atoms with Gasteiger partial charge in [-0.15, -0.1) is 0 Å². The van der Waals surface area contributed by atoms with Crippen molar-refractivity contribution in [2.24, 2.45) is 0 Å². The highest BCUT2D eigenvalue weighted by molar-refractivity contribution is 5.74. The van der Waals surface area contributed by atoms with E-state index in [9.17, 15) is 9.59 Å². The number of unbranched alkanes of at least 4 members (excludes halogenated alkanes) is 1. The number of aromatic amines is 1. The van der Waals surface area contributed by atoms with Crippen LogP contribution in [0.3, 0.4) is 0 Å². The number of H-pyrrole nitrogens is 1. The Morgan fingerprint density at radius 3 is 2.81 bits per heavy atom. The minimum atomic E-state index is -0.205. The molecule has 2 amide bonds. The summed E-state index contributed by atoms with van der Waals surface area (Å²) in [5.41, 5.74) is 1.40. The fourth-order valence-electron chi connectivity index (χ4n) is 4.19. The number of fused-ring (bicyclic) bond motifs is 2. The molecule has 1 aliphatic carbocycles. The van der Waals surface area contributed by atoms with Gasteiger partial charge < -0.3 is 15.2 Å². The minimum absolute atomic E-state index is 0.00122. The number of likely N-dealkylation sites (tertiary alicyclic amines) is 1. The van der Waals surface area contributed by atoms with Crippen LogP contribution < -0.4 is 10.9 Å². The number of hydrogen-bond donors (Lipinski definition) is 2. The van der Waals surface area contributed by atoms with Crippen molar-refractivity contribution in [2.45, 2.75) is 77.0 Å². The summed E-state index contributed by atoms with van der Waals surface area (Å²) in [4.78, 5) is 35.0. The molecule has 1 spiro atoms. The highest BCUT2D eigenvalue weighted by Gasteiger charge is 2.46. The first-order valence-electron chi connectivity index (χ1n) is 9.94. The van der Waals surface area contributed by atoms with Gasteiger partial charge in [0.05, 0.1) is 5.69 Å². The van der Waals surface area contributed by atoms with Crippen LogP contribution in [0.15, 0.2) is 4.79 Å². The van der Waals surface area contributed by atoms with Crippen molar-refractivity contribution < 1.29 is 4.79 Å². The molecule has 6 nitrogen and oxygen atoms in total. The zero-order valence-electron chi connectivity index (χ0n) is 16.6. The number of piperidine rings is 1. The molecule has 6 heteroatoms. The molecular weight excluding hydrogens is 328 g/mol. The van der Waals surface area contributed by atoms with Gasteiger partial charge in [0.1, 0.15) is 5.82 Å². The SMILES string of the molecule is CCCCNC(=O)N1CCCC2(CCc3c2nc(C(C)(C)C)[nH]c3=O)C1. The summed E-state index contributed by atoms with van der Waals surface area (Å²) >= 11 is 0. The highest BCUT2D eigenvalue weighted by Crippen LogP contribution is 2.43. The molecule has 3 rings (SSSR count). The van der Waals surface area contributed by atoms with Gasteiger partial charge in [-0.2, -0.15) is 0 Å². The Kier molecular flexibility index (Phi) is 5.13. The number of hydrogen-bond acceptors (Lipinski definition) is 3. The summed E-state index contributed by atoms with van der Waals surface area (Å²) in [5, 5.41) is 3.03. The predicted octanol–water partition coefficient (Wildman–Crippen LogP) is 2.86. The zero-order chi connectivity index (χ0) is 18.9. The number of urea groups is 1. The van der Waals surface area contributed by atoms with Gasteiger partial charge in [-0.05, 0) is 32.1 Å². The van der Waals surface area contributed by atoms with Crippen LogP contribution in [0.1, 0.15) is 76.9 Å². The Labute approximate surface area is 155 Å². The van der Waals surface area contributed by atoms with Gasteiger partial charge in [0.2, 0.25) is 0 Å². The lowest BCUT2D eigenvalue weighted by molar-refractivity contribution is 0.147. The molecule has 0 aromatic carbocycles. The number of nitrogens with zero attached hydrogens (tertiary/aromatic N) is 2. The van der Waals surface area contributed by atoms with E-state index in [4.69, 9.17) is 4.98 Å². The van der Waals surface area contributed by atoms with Gasteiger partial charge in [-0.25, -0.2) is 9.78 Å². The first kappa shape index (κ1) is 18.9. The summed E-state index contributed by atoms with van der Waals surface area (Å²) in [7, 11) is 0. The topological polar surface area (TPSA) is 78.1 Å². The average Bonchev–Trinajstić information content (AvgIpc) is 2.93. The molecule has 1 aromatic rings. The number of rotatable bonds is 3. The van der Waals surface area contributed by atoms with E-state index < -0.39 is 0 Å². The maximum atomic E-state index is 12.6. The van der Waals surface area contributed by atoms with E-state index in [2.05, 4.69) is 38.0 Å². The van der Waals surface area contributed by atoms with Crippen LogP contribution in [0.5, 0.6) is 0 Å². The normalized spacial score (nSPS) is 22.5. The minimum Gasteiger partial charge on any atom is -0.338 e. The molecule has 2 heterocycles. The van der Waals surface area contributed by atoms with E-state index in [1.165, 1.54) is 0 Å². The van der Waals surface area contributed by atoms with Crippen LogP contribution in [0, 0.1) is 0 Å². The highest BCUT2D eigenvalue weighted by atomic mass is 16.2. The molecule has 144 valence electrons. The quantitative estimate of drug-likeness (QED) is 0.814. The Hall–Kier alpha value is -1.85. The number of carbonyl (C=O) groups is 1. The number of nitrogens with one attached hydrogen (secondary N) is 2. The van der Waals surface area contributed by atoms with Crippen molar-refractivity contribution in [3.8, 4) is 0 Å². The van der Waals surface area contributed by atoms with Crippen molar-refractivity contribution in [1.29, 1.82) is 0 Å². The summed E-state index contributed by atoms with van der Waals surface area (Å²) in [6.07, 6.45) is 5.69. The Morgan fingerprint density at radius 1 is 1.35 bits per heavy atom. The first-order chi connectivity index (χ1) is 12.3. The molecule has 1 unspecified atom stereocenters. The van der Waals surface area contributed by atoms with E-state index >= 15 is 0 Å². The Balaban J connectivity index is 1.87. The van der Waals surface area contributed by atoms with Crippen LogP contribution >= 0.6 is 0 Å². The van der Waals surface area contributed by atoms with Crippen LogP contribution in [0.2, 0.25) is 0 Å². The standard InChI is InChI=1S/C20H32N4O2/c1-5-6-11-21-18(26)24-12-7-9-20(13-24)10-8-14-15(20)22-17(19(2,3)4)23-16(14)25/h5-13H2,1-4H3,(H,21,26)(H,22,23,25). The molecule has 1 aromatic heterocycles. The molecule has 1 saturated heterocycles. The molecular formula is C20H32N4O2. The van der Waals surface area contributed by atoms with Gasteiger partial charge in [-0.3, -0.25) is 4.79 Å². The molecule has 1 aliphatic heterocycles. The molecule has 0 bridgehead atoms. The molecule has 2 aliphatic rings. The van der Waals surface area contributed by atoms with E-state index in [1.54, 1.807) is 0 Å². The molecule has 26 heavy (non-hydrogen) atoms. The third kappa shape index (κ3) is 3.51. The second-order valence-electron chi connectivity index (χ2n) is 8.88. The van der Waals surface area contributed by atoms with Crippen LogP contribution in [-0.4, -0.2) is 40.5 Å². The first-order valence-corrected chi connectivity index (χ1v) is 9.94. The molecule has 0 radical (unpaired) electrons. The fraction of sp³-hybridized carbons (Fsp3) is 0.750. The Morgan fingerprint density at radius 2 is 2.12 bits per heavy atom. The second-order valence-corrected chi connectivity index (χ2v) is 8.88. The summed E-state index contributed by atoms with van der Waals surface area (Å²) in [5.74, 6) is 0.743.